The molecular weight excluding hydrogens is 288 g/mol. The summed E-state index contributed by atoms with van der Waals surface area (Å²) in [7, 11) is 0. The second-order valence-electron chi connectivity index (χ2n) is 4.50. The summed E-state index contributed by atoms with van der Waals surface area (Å²) in [4.78, 5) is 0. The lowest BCUT2D eigenvalue weighted by Crippen LogP contribution is -1.97. The maximum Gasteiger partial charge on any atom is 0.127 e. The summed E-state index contributed by atoms with van der Waals surface area (Å²) < 4.78 is 7.02. The van der Waals surface area contributed by atoms with E-state index in [1.807, 2.05) is 6.07 Å². The van der Waals surface area contributed by atoms with Crippen molar-refractivity contribution in [2.75, 3.05) is 6.61 Å². The van der Waals surface area contributed by atoms with E-state index in [4.69, 9.17) is 4.74 Å². The van der Waals surface area contributed by atoms with Crippen molar-refractivity contribution in [2.45, 2.75) is 32.6 Å². The second-order valence-corrected chi connectivity index (χ2v) is 5.35. The zero-order valence-corrected chi connectivity index (χ0v) is 12.4. The van der Waals surface area contributed by atoms with Crippen LogP contribution in [-0.2, 0) is 0 Å². The minimum atomic E-state index is 0.811. The van der Waals surface area contributed by atoms with Gasteiger partial charge >= 0.3 is 0 Å². The first-order chi connectivity index (χ1) is 8.83. The smallest absolute Gasteiger partial charge is 0.127 e. The van der Waals surface area contributed by atoms with Crippen LogP contribution >= 0.6 is 15.9 Å². The molecule has 18 heavy (non-hydrogen) atoms. The highest BCUT2D eigenvalue weighted by Crippen LogP contribution is 2.31. The predicted molar refractivity (Wildman–Crippen MR) is 81.3 cm³/mol. The van der Waals surface area contributed by atoms with Gasteiger partial charge in [0.25, 0.3) is 0 Å². The fourth-order valence-corrected chi connectivity index (χ4v) is 2.55. The quantitative estimate of drug-likeness (QED) is 0.635. The third-order valence-corrected chi connectivity index (χ3v) is 3.78. The lowest BCUT2D eigenvalue weighted by Gasteiger charge is -2.10. The largest absolute Gasteiger partial charge is 0.493 e. The van der Waals surface area contributed by atoms with Gasteiger partial charge in [-0.25, -0.2) is 0 Å². The molecule has 1 nitrogen and oxygen atoms in total. The van der Waals surface area contributed by atoms with Crippen LogP contribution in [0.15, 0.2) is 40.9 Å². The molecule has 0 aliphatic rings. The van der Waals surface area contributed by atoms with Gasteiger partial charge in [0.2, 0.25) is 0 Å². The Morgan fingerprint density at radius 1 is 0.944 bits per heavy atom. The van der Waals surface area contributed by atoms with E-state index in [9.17, 15) is 0 Å². The first-order valence-corrected chi connectivity index (χ1v) is 7.42. The molecule has 2 rings (SSSR count). The van der Waals surface area contributed by atoms with Gasteiger partial charge < -0.3 is 4.74 Å². The van der Waals surface area contributed by atoms with Crippen molar-refractivity contribution in [3.8, 4) is 5.75 Å². The minimum Gasteiger partial charge on any atom is -0.493 e. The number of hydrogen-bond donors (Lipinski definition) is 0. The molecule has 0 amide bonds. The number of rotatable bonds is 6. The SMILES string of the molecule is CCCCCCOc1ccc(Br)c2ccccc12. The summed E-state index contributed by atoms with van der Waals surface area (Å²) in [6.07, 6.45) is 4.95. The summed E-state index contributed by atoms with van der Waals surface area (Å²) in [5, 5.41) is 2.39. The highest BCUT2D eigenvalue weighted by atomic mass is 79.9. The molecule has 0 N–H and O–H groups in total. The molecule has 0 saturated heterocycles. The van der Waals surface area contributed by atoms with Crippen molar-refractivity contribution in [3.05, 3.63) is 40.9 Å². The van der Waals surface area contributed by atoms with Crippen molar-refractivity contribution >= 4 is 26.7 Å². The highest BCUT2D eigenvalue weighted by Gasteiger charge is 2.04. The van der Waals surface area contributed by atoms with Crippen LogP contribution in [0.25, 0.3) is 10.8 Å². The van der Waals surface area contributed by atoms with Crippen molar-refractivity contribution < 1.29 is 4.74 Å². The average Bonchev–Trinajstić information content (AvgIpc) is 2.41. The first-order valence-electron chi connectivity index (χ1n) is 6.63. The minimum absolute atomic E-state index is 0.811. The van der Waals surface area contributed by atoms with E-state index >= 15 is 0 Å². The molecule has 96 valence electrons. The molecule has 0 atom stereocenters. The summed E-state index contributed by atoms with van der Waals surface area (Å²) in [6, 6.07) is 12.4. The number of benzene rings is 2. The predicted octanol–water partition coefficient (Wildman–Crippen LogP) is 5.56. The van der Waals surface area contributed by atoms with E-state index in [1.165, 1.54) is 30.0 Å². The van der Waals surface area contributed by atoms with Gasteiger partial charge in [-0.3, -0.25) is 0 Å². The fraction of sp³-hybridized carbons (Fsp3) is 0.375. The molecule has 2 aromatic carbocycles. The number of unbranched alkanes of at least 4 members (excludes halogenated alkanes) is 3. The van der Waals surface area contributed by atoms with Crippen LogP contribution in [-0.4, -0.2) is 6.61 Å². The van der Waals surface area contributed by atoms with Gasteiger partial charge in [-0.05, 0) is 23.9 Å². The second kappa shape index (κ2) is 6.79. The maximum atomic E-state index is 5.90. The summed E-state index contributed by atoms with van der Waals surface area (Å²) in [6.45, 7) is 3.04. The topological polar surface area (TPSA) is 9.23 Å². The average molecular weight is 307 g/mol. The van der Waals surface area contributed by atoms with Crippen molar-refractivity contribution in [1.82, 2.24) is 0 Å². The Bertz CT molecular complexity index is 507. The van der Waals surface area contributed by atoms with Crippen LogP contribution in [0.5, 0.6) is 5.75 Å². The summed E-state index contributed by atoms with van der Waals surface area (Å²) in [5.41, 5.74) is 0. The standard InChI is InChI=1S/C16H19BrO/c1-2-3-4-7-12-18-16-11-10-15(17)13-8-5-6-9-14(13)16/h5-6,8-11H,2-4,7,12H2,1H3. The van der Waals surface area contributed by atoms with E-state index in [2.05, 4.69) is 53.2 Å². The first kappa shape index (κ1) is 13.4. The zero-order chi connectivity index (χ0) is 12.8. The number of halogens is 1. The molecule has 0 heterocycles. The Morgan fingerprint density at radius 2 is 1.72 bits per heavy atom. The fourth-order valence-electron chi connectivity index (χ4n) is 2.07. The lowest BCUT2D eigenvalue weighted by atomic mass is 10.1. The number of hydrogen-bond acceptors (Lipinski definition) is 1. The molecule has 0 aromatic heterocycles. The van der Waals surface area contributed by atoms with Crippen LogP contribution in [0.3, 0.4) is 0 Å². The van der Waals surface area contributed by atoms with Gasteiger partial charge in [0.1, 0.15) is 5.75 Å². The number of ether oxygens (including phenoxy) is 1. The Morgan fingerprint density at radius 3 is 2.50 bits per heavy atom. The molecule has 2 heteroatoms. The maximum absolute atomic E-state index is 5.90. The van der Waals surface area contributed by atoms with E-state index in [1.54, 1.807) is 0 Å². The van der Waals surface area contributed by atoms with E-state index in [-0.39, 0.29) is 0 Å². The molecule has 0 bridgehead atoms. The normalized spacial score (nSPS) is 10.8. The Hall–Kier alpha value is -1.02. The van der Waals surface area contributed by atoms with E-state index < -0.39 is 0 Å². The molecule has 0 spiro atoms. The highest BCUT2D eigenvalue weighted by molar-refractivity contribution is 9.10. The monoisotopic (exact) mass is 306 g/mol. The Labute approximate surface area is 117 Å². The molecule has 0 fully saturated rings. The molecule has 0 radical (unpaired) electrons. The molecule has 0 unspecified atom stereocenters. The van der Waals surface area contributed by atoms with Crippen LogP contribution in [0.2, 0.25) is 0 Å². The summed E-state index contributed by atoms with van der Waals surface area (Å²) >= 11 is 3.58. The van der Waals surface area contributed by atoms with Gasteiger partial charge in [0.05, 0.1) is 6.61 Å². The Balaban J connectivity index is 2.07. The summed E-state index contributed by atoms with van der Waals surface area (Å²) in [5.74, 6) is 0.991. The van der Waals surface area contributed by atoms with Crippen LogP contribution < -0.4 is 4.74 Å². The van der Waals surface area contributed by atoms with Gasteiger partial charge in [-0.2, -0.15) is 0 Å². The van der Waals surface area contributed by atoms with E-state index in [0.29, 0.717) is 0 Å². The Kier molecular flexibility index (Phi) is 5.06. The van der Waals surface area contributed by atoms with E-state index in [0.717, 1.165) is 23.2 Å². The van der Waals surface area contributed by atoms with Crippen LogP contribution in [0, 0.1) is 0 Å². The van der Waals surface area contributed by atoms with Gasteiger partial charge in [0, 0.05) is 9.86 Å². The molecule has 0 saturated carbocycles. The third kappa shape index (κ3) is 3.26. The van der Waals surface area contributed by atoms with Crippen molar-refractivity contribution in [3.63, 3.8) is 0 Å². The third-order valence-electron chi connectivity index (χ3n) is 3.09. The molecular formula is C16H19BrO. The van der Waals surface area contributed by atoms with Gasteiger partial charge in [0.15, 0.2) is 0 Å². The van der Waals surface area contributed by atoms with Gasteiger partial charge in [-0.15, -0.1) is 0 Å². The lowest BCUT2D eigenvalue weighted by molar-refractivity contribution is 0.308. The van der Waals surface area contributed by atoms with Crippen molar-refractivity contribution in [2.24, 2.45) is 0 Å². The molecule has 2 aromatic rings. The molecule has 0 aliphatic heterocycles. The number of fused-ring (bicyclic) bond motifs is 1. The van der Waals surface area contributed by atoms with Crippen LogP contribution in [0.1, 0.15) is 32.6 Å². The van der Waals surface area contributed by atoms with Crippen molar-refractivity contribution in [1.29, 1.82) is 0 Å². The van der Waals surface area contributed by atoms with Crippen LogP contribution in [0.4, 0.5) is 0 Å². The zero-order valence-electron chi connectivity index (χ0n) is 10.8. The van der Waals surface area contributed by atoms with Gasteiger partial charge in [-0.1, -0.05) is 66.4 Å². The molecule has 0 aliphatic carbocycles.